The lowest BCUT2D eigenvalue weighted by Gasteiger charge is -2.36. The molecule has 1 amide bonds. The Morgan fingerprint density at radius 2 is 1.93 bits per heavy atom. The van der Waals surface area contributed by atoms with Gasteiger partial charge in [-0.3, -0.25) is 9.89 Å². The van der Waals surface area contributed by atoms with Crippen LogP contribution in [0.3, 0.4) is 0 Å². The highest BCUT2D eigenvalue weighted by Crippen LogP contribution is 2.37. The Balaban J connectivity index is 1.34. The number of piperazine rings is 1. The molecule has 0 spiro atoms. The van der Waals surface area contributed by atoms with Crippen LogP contribution in [0.4, 0.5) is 5.69 Å². The molecule has 0 atom stereocenters. The van der Waals surface area contributed by atoms with E-state index in [0.717, 1.165) is 46.4 Å². The zero-order valence-electron chi connectivity index (χ0n) is 16.1. The van der Waals surface area contributed by atoms with Crippen LogP contribution in [0.15, 0.2) is 42.5 Å². The number of nitrogens with zero attached hydrogens (tertiary/aromatic N) is 3. The number of amides is 1. The van der Waals surface area contributed by atoms with Crippen molar-refractivity contribution in [3.63, 3.8) is 0 Å². The number of ether oxygens (including phenoxy) is 1. The van der Waals surface area contributed by atoms with E-state index >= 15 is 0 Å². The van der Waals surface area contributed by atoms with Gasteiger partial charge in [-0.05, 0) is 36.8 Å². The molecule has 1 aromatic heterocycles. The van der Waals surface area contributed by atoms with Gasteiger partial charge in [0.2, 0.25) is 0 Å². The van der Waals surface area contributed by atoms with Crippen molar-refractivity contribution in [2.24, 2.45) is 0 Å². The van der Waals surface area contributed by atoms with Crippen molar-refractivity contribution in [1.82, 2.24) is 15.1 Å². The molecule has 0 aliphatic carbocycles. The maximum Gasteiger partial charge on any atom is 0.272 e. The predicted octanol–water partition coefficient (Wildman–Crippen LogP) is 3.89. The van der Waals surface area contributed by atoms with E-state index in [0.29, 0.717) is 25.4 Å². The van der Waals surface area contributed by atoms with Crippen molar-refractivity contribution in [2.75, 3.05) is 31.1 Å². The van der Waals surface area contributed by atoms with E-state index in [4.69, 9.17) is 16.3 Å². The minimum atomic E-state index is -0.0239. The number of carbonyl (C=O) groups is 1. The Labute approximate surface area is 174 Å². The van der Waals surface area contributed by atoms with Crippen molar-refractivity contribution in [2.45, 2.75) is 13.5 Å². The summed E-state index contributed by atoms with van der Waals surface area (Å²) in [6.07, 6.45) is 0. The quantitative estimate of drug-likeness (QED) is 0.698. The molecule has 2 aliphatic heterocycles. The molecule has 0 bridgehead atoms. The molecule has 3 heterocycles. The number of anilines is 1. The molecule has 1 saturated heterocycles. The molecule has 0 saturated carbocycles. The van der Waals surface area contributed by atoms with Crippen LogP contribution < -0.4 is 9.64 Å². The minimum Gasteiger partial charge on any atom is -0.488 e. The van der Waals surface area contributed by atoms with Gasteiger partial charge in [0, 0.05) is 48.0 Å². The molecule has 3 aromatic rings. The van der Waals surface area contributed by atoms with E-state index in [-0.39, 0.29) is 5.91 Å². The summed E-state index contributed by atoms with van der Waals surface area (Å²) in [5, 5.41) is 8.11. The second kappa shape index (κ2) is 7.12. The van der Waals surface area contributed by atoms with Crippen LogP contribution in [0.5, 0.6) is 5.75 Å². The lowest BCUT2D eigenvalue weighted by Crippen LogP contribution is -2.49. The van der Waals surface area contributed by atoms with E-state index in [2.05, 4.69) is 22.0 Å². The van der Waals surface area contributed by atoms with Crippen LogP contribution >= 0.6 is 11.6 Å². The van der Waals surface area contributed by atoms with Gasteiger partial charge in [0.15, 0.2) is 0 Å². The molecule has 7 heteroatoms. The zero-order valence-corrected chi connectivity index (χ0v) is 16.9. The molecule has 2 aromatic carbocycles. The average molecular weight is 409 g/mol. The highest BCUT2D eigenvalue weighted by atomic mass is 35.5. The fourth-order valence-corrected chi connectivity index (χ4v) is 4.24. The number of para-hydroxylation sites is 1. The van der Waals surface area contributed by atoms with Gasteiger partial charge >= 0.3 is 0 Å². The third-order valence-corrected chi connectivity index (χ3v) is 5.91. The lowest BCUT2D eigenvalue weighted by atomic mass is 10.0. The van der Waals surface area contributed by atoms with Crippen molar-refractivity contribution in [3.05, 3.63) is 64.3 Å². The number of aromatic amines is 1. The number of hydrogen-bond acceptors (Lipinski definition) is 4. The number of hydrogen-bond donors (Lipinski definition) is 1. The van der Waals surface area contributed by atoms with Gasteiger partial charge in [0.1, 0.15) is 23.7 Å². The summed E-state index contributed by atoms with van der Waals surface area (Å²) >= 11 is 6.17. The molecule has 0 radical (unpaired) electrons. The van der Waals surface area contributed by atoms with Gasteiger partial charge in [0.25, 0.3) is 5.91 Å². The highest BCUT2D eigenvalue weighted by Gasteiger charge is 2.30. The third-order valence-electron chi connectivity index (χ3n) is 5.67. The third kappa shape index (κ3) is 3.13. The van der Waals surface area contributed by atoms with E-state index in [1.165, 1.54) is 5.56 Å². The minimum absolute atomic E-state index is 0.0239. The first-order valence-electron chi connectivity index (χ1n) is 9.71. The predicted molar refractivity (Wildman–Crippen MR) is 113 cm³/mol. The second-order valence-corrected chi connectivity index (χ2v) is 7.86. The van der Waals surface area contributed by atoms with Gasteiger partial charge in [-0.1, -0.05) is 29.8 Å². The Morgan fingerprint density at radius 1 is 1.14 bits per heavy atom. The van der Waals surface area contributed by atoms with E-state index in [1.807, 2.05) is 47.4 Å². The van der Waals surface area contributed by atoms with Crippen LogP contribution in [0, 0.1) is 6.92 Å². The van der Waals surface area contributed by atoms with Crippen molar-refractivity contribution < 1.29 is 9.53 Å². The normalized spacial score (nSPS) is 15.5. The topological polar surface area (TPSA) is 61.5 Å². The molecule has 2 aliphatic rings. The molecular weight excluding hydrogens is 388 g/mol. The first-order valence-corrected chi connectivity index (χ1v) is 10.1. The Kier molecular flexibility index (Phi) is 4.43. The van der Waals surface area contributed by atoms with Crippen molar-refractivity contribution in [3.8, 4) is 17.0 Å². The Bertz CT molecular complexity index is 1090. The number of rotatable bonds is 2. The first-order chi connectivity index (χ1) is 14.1. The van der Waals surface area contributed by atoms with Crippen LogP contribution in [-0.2, 0) is 6.61 Å². The van der Waals surface area contributed by atoms with E-state index in [9.17, 15) is 4.79 Å². The maximum absolute atomic E-state index is 13.2. The van der Waals surface area contributed by atoms with Crippen LogP contribution in [-0.4, -0.2) is 47.2 Å². The van der Waals surface area contributed by atoms with Crippen LogP contribution in [0.2, 0.25) is 5.02 Å². The van der Waals surface area contributed by atoms with E-state index in [1.54, 1.807) is 0 Å². The SMILES string of the molecule is Cc1ccc(Cl)cc1N1CCN(C(=O)c2[nH]nc3c2COc2ccccc2-3)CC1. The summed E-state index contributed by atoms with van der Waals surface area (Å²) in [5.41, 5.74) is 5.42. The smallest absolute Gasteiger partial charge is 0.272 e. The molecule has 148 valence electrons. The Morgan fingerprint density at radius 3 is 2.76 bits per heavy atom. The fourth-order valence-electron chi connectivity index (χ4n) is 4.08. The summed E-state index contributed by atoms with van der Waals surface area (Å²) in [6, 6.07) is 13.7. The van der Waals surface area contributed by atoms with Crippen molar-refractivity contribution in [1.29, 1.82) is 0 Å². The second-order valence-electron chi connectivity index (χ2n) is 7.42. The van der Waals surface area contributed by atoms with Crippen LogP contribution in [0.1, 0.15) is 21.6 Å². The van der Waals surface area contributed by atoms with Gasteiger partial charge in [-0.25, -0.2) is 0 Å². The number of nitrogens with one attached hydrogen (secondary N) is 1. The summed E-state index contributed by atoms with van der Waals surface area (Å²) in [4.78, 5) is 17.3. The maximum atomic E-state index is 13.2. The standard InChI is InChI=1S/C22H21ClN4O2/c1-14-6-7-15(23)12-18(14)26-8-10-27(11-9-26)22(28)21-17-13-29-19-5-3-2-4-16(19)20(17)24-25-21/h2-7,12H,8-11,13H2,1H3,(H,24,25). The molecular formula is C22H21ClN4O2. The molecule has 6 nitrogen and oxygen atoms in total. The average Bonchev–Trinajstić information content (AvgIpc) is 3.20. The van der Waals surface area contributed by atoms with Gasteiger partial charge in [0.05, 0.1) is 0 Å². The highest BCUT2D eigenvalue weighted by molar-refractivity contribution is 6.30. The van der Waals surface area contributed by atoms with E-state index < -0.39 is 0 Å². The number of aromatic nitrogens is 2. The number of carbonyl (C=O) groups excluding carboxylic acids is 1. The fraction of sp³-hybridized carbons (Fsp3) is 0.273. The van der Waals surface area contributed by atoms with Crippen LogP contribution in [0.25, 0.3) is 11.3 Å². The molecule has 5 rings (SSSR count). The first kappa shape index (κ1) is 18.1. The lowest BCUT2D eigenvalue weighted by molar-refractivity contribution is 0.0738. The molecule has 29 heavy (non-hydrogen) atoms. The Hall–Kier alpha value is -2.99. The summed E-state index contributed by atoms with van der Waals surface area (Å²) in [5.74, 6) is 0.778. The number of aryl methyl sites for hydroxylation is 1. The number of H-pyrrole nitrogens is 1. The summed E-state index contributed by atoms with van der Waals surface area (Å²) < 4.78 is 5.83. The molecule has 1 N–H and O–H groups in total. The zero-order chi connectivity index (χ0) is 20.0. The summed E-state index contributed by atoms with van der Waals surface area (Å²) in [7, 11) is 0. The number of halogens is 1. The molecule has 0 unspecified atom stereocenters. The van der Waals surface area contributed by atoms with Gasteiger partial charge in [-0.2, -0.15) is 5.10 Å². The number of benzene rings is 2. The summed E-state index contributed by atoms with van der Waals surface area (Å²) in [6.45, 7) is 5.26. The molecule has 1 fully saturated rings. The number of fused-ring (bicyclic) bond motifs is 3. The van der Waals surface area contributed by atoms with Crippen molar-refractivity contribution >= 4 is 23.2 Å². The monoisotopic (exact) mass is 408 g/mol. The van der Waals surface area contributed by atoms with Gasteiger partial charge < -0.3 is 14.5 Å². The van der Waals surface area contributed by atoms with Gasteiger partial charge in [-0.15, -0.1) is 0 Å². The largest absolute Gasteiger partial charge is 0.488 e.